The van der Waals surface area contributed by atoms with Crippen molar-refractivity contribution in [3.8, 4) is 11.8 Å². The number of rotatable bonds is 1. The van der Waals surface area contributed by atoms with Crippen LogP contribution in [-0.2, 0) is 0 Å². The predicted octanol–water partition coefficient (Wildman–Crippen LogP) is 2.81. The molecule has 0 fully saturated rings. The fourth-order valence-electron chi connectivity index (χ4n) is 0.778. The normalized spacial score (nSPS) is 8.83. The average Bonchev–Trinajstić information content (AvgIpc) is 2.05. The van der Waals surface area contributed by atoms with Gasteiger partial charge in [-0.3, -0.25) is 0 Å². The van der Waals surface area contributed by atoms with Gasteiger partial charge in [-0.2, -0.15) is 0 Å². The maximum absolute atomic E-state index is 12.6. The molecule has 0 nitrogen and oxygen atoms in total. The van der Waals surface area contributed by atoms with Crippen molar-refractivity contribution in [3.63, 3.8) is 0 Å². The maximum Gasteiger partial charge on any atom is 0.124 e. The summed E-state index contributed by atoms with van der Waals surface area (Å²) in [6.45, 7) is 0. The number of hydrogen-bond acceptors (Lipinski definition) is 0. The second-order valence-corrected chi connectivity index (χ2v) is 2.63. The highest BCUT2D eigenvalue weighted by Crippen LogP contribution is 2.01. The van der Waals surface area contributed by atoms with Crippen molar-refractivity contribution in [1.82, 2.24) is 0 Å². The summed E-state index contributed by atoms with van der Waals surface area (Å²) in [5.41, 5.74) is 0.695. The summed E-state index contributed by atoms with van der Waals surface area (Å²) in [5, 5.41) is 0. The molecule has 0 N–H and O–H groups in total. The van der Waals surface area contributed by atoms with Crippen LogP contribution in [0.3, 0.4) is 0 Å². The van der Waals surface area contributed by atoms with Crippen molar-refractivity contribution < 1.29 is 4.39 Å². The first-order chi connectivity index (χ1) is 5.83. The Morgan fingerprint density at radius 3 is 2.92 bits per heavy atom. The van der Waals surface area contributed by atoms with Crippen LogP contribution in [0, 0.1) is 17.7 Å². The lowest BCUT2D eigenvalue weighted by molar-refractivity contribution is 0.627. The maximum atomic E-state index is 12.6. The standard InChI is InChI=1S/C10H8ClF/c11-7-2-1-4-9-5-3-6-10(12)8-9/h3,5-6,8H,2,7H2. The number of benzene rings is 1. The van der Waals surface area contributed by atoms with Crippen molar-refractivity contribution in [2.75, 3.05) is 5.88 Å². The van der Waals surface area contributed by atoms with E-state index in [1.165, 1.54) is 12.1 Å². The smallest absolute Gasteiger partial charge is 0.124 e. The molecule has 0 radical (unpaired) electrons. The third kappa shape index (κ3) is 2.94. The zero-order valence-corrected chi connectivity index (χ0v) is 7.24. The summed E-state index contributed by atoms with van der Waals surface area (Å²) in [6.07, 6.45) is 0.637. The first-order valence-corrected chi connectivity index (χ1v) is 4.17. The van der Waals surface area contributed by atoms with Gasteiger partial charge in [-0.05, 0) is 18.2 Å². The van der Waals surface area contributed by atoms with E-state index in [0.29, 0.717) is 17.9 Å². The van der Waals surface area contributed by atoms with Gasteiger partial charge in [0, 0.05) is 17.9 Å². The molecule has 0 heterocycles. The zero-order chi connectivity index (χ0) is 8.81. The van der Waals surface area contributed by atoms with Gasteiger partial charge in [0.15, 0.2) is 0 Å². The van der Waals surface area contributed by atoms with Gasteiger partial charge in [-0.25, -0.2) is 4.39 Å². The molecule has 0 aromatic heterocycles. The van der Waals surface area contributed by atoms with Crippen molar-refractivity contribution in [3.05, 3.63) is 35.6 Å². The third-order valence-electron chi connectivity index (χ3n) is 1.28. The topological polar surface area (TPSA) is 0 Å². The van der Waals surface area contributed by atoms with Gasteiger partial charge in [0.25, 0.3) is 0 Å². The molecule has 0 amide bonds. The number of alkyl halides is 1. The molecule has 0 aliphatic carbocycles. The first-order valence-electron chi connectivity index (χ1n) is 3.63. The van der Waals surface area contributed by atoms with E-state index >= 15 is 0 Å². The number of hydrogen-bond donors (Lipinski definition) is 0. The van der Waals surface area contributed by atoms with Crippen molar-refractivity contribution in [2.24, 2.45) is 0 Å². The Balaban J connectivity index is 2.71. The van der Waals surface area contributed by atoms with Gasteiger partial charge < -0.3 is 0 Å². The molecule has 1 aromatic rings. The largest absolute Gasteiger partial charge is 0.207 e. The van der Waals surface area contributed by atoms with Crippen LogP contribution in [0.15, 0.2) is 24.3 Å². The lowest BCUT2D eigenvalue weighted by atomic mass is 10.2. The van der Waals surface area contributed by atoms with Crippen LogP contribution in [0.2, 0.25) is 0 Å². The highest BCUT2D eigenvalue weighted by molar-refractivity contribution is 6.18. The Morgan fingerprint density at radius 1 is 1.42 bits per heavy atom. The molecule has 0 aliphatic rings. The summed E-state index contributed by atoms with van der Waals surface area (Å²) < 4.78 is 12.6. The van der Waals surface area contributed by atoms with Crippen LogP contribution in [0.1, 0.15) is 12.0 Å². The molecule has 0 saturated heterocycles. The van der Waals surface area contributed by atoms with Crippen LogP contribution in [0.5, 0.6) is 0 Å². The molecular formula is C10H8ClF. The highest BCUT2D eigenvalue weighted by Gasteiger charge is 1.88. The third-order valence-corrected chi connectivity index (χ3v) is 1.47. The first kappa shape index (κ1) is 9.09. The molecule has 0 saturated carbocycles. The van der Waals surface area contributed by atoms with Crippen molar-refractivity contribution in [2.45, 2.75) is 6.42 Å². The SMILES string of the molecule is Fc1cccc(C#CCCCl)c1. The van der Waals surface area contributed by atoms with Gasteiger partial charge in [0.2, 0.25) is 0 Å². The van der Waals surface area contributed by atoms with Crippen LogP contribution in [0.25, 0.3) is 0 Å². The van der Waals surface area contributed by atoms with Crippen molar-refractivity contribution in [1.29, 1.82) is 0 Å². The van der Waals surface area contributed by atoms with Gasteiger partial charge >= 0.3 is 0 Å². The van der Waals surface area contributed by atoms with Crippen LogP contribution in [0.4, 0.5) is 4.39 Å². The van der Waals surface area contributed by atoms with Gasteiger partial charge in [0.1, 0.15) is 5.82 Å². The lowest BCUT2D eigenvalue weighted by Gasteiger charge is -1.88. The van der Waals surface area contributed by atoms with Crippen LogP contribution in [-0.4, -0.2) is 5.88 Å². The van der Waals surface area contributed by atoms with E-state index in [9.17, 15) is 4.39 Å². The Labute approximate surface area is 76.4 Å². The summed E-state index contributed by atoms with van der Waals surface area (Å²) in [7, 11) is 0. The molecule has 1 aromatic carbocycles. The molecule has 62 valence electrons. The minimum atomic E-state index is -0.257. The Morgan fingerprint density at radius 2 is 2.25 bits per heavy atom. The molecule has 2 heteroatoms. The van der Waals surface area contributed by atoms with E-state index in [2.05, 4.69) is 11.8 Å². The molecule has 0 spiro atoms. The average molecular weight is 183 g/mol. The second-order valence-electron chi connectivity index (χ2n) is 2.25. The molecule has 0 atom stereocenters. The van der Waals surface area contributed by atoms with Crippen LogP contribution < -0.4 is 0 Å². The van der Waals surface area contributed by atoms with E-state index in [1.807, 2.05) is 0 Å². The van der Waals surface area contributed by atoms with Gasteiger partial charge in [-0.1, -0.05) is 17.9 Å². The minimum Gasteiger partial charge on any atom is -0.207 e. The highest BCUT2D eigenvalue weighted by atomic mass is 35.5. The van der Waals surface area contributed by atoms with E-state index in [1.54, 1.807) is 12.1 Å². The van der Waals surface area contributed by atoms with Gasteiger partial charge in [-0.15, -0.1) is 11.6 Å². The molecule has 0 bridgehead atoms. The molecule has 0 aliphatic heterocycles. The predicted molar refractivity (Wildman–Crippen MR) is 48.6 cm³/mol. The molecule has 0 unspecified atom stereocenters. The summed E-state index contributed by atoms with van der Waals surface area (Å²) >= 11 is 5.42. The second kappa shape index (κ2) is 4.79. The monoisotopic (exact) mass is 182 g/mol. The van der Waals surface area contributed by atoms with E-state index in [-0.39, 0.29) is 5.82 Å². The molecule has 1 rings (SSSR count). The summed E-state index contributed by atoms with van der Waals surface area (Å²) in [4.78, 5) is 0. The fraction of sp³-hybridized carbons (Fsp3) is 0.200. The van der Waals surface area contributed by atoms with E-state index in [0.717, 1.165) is 0 Å². The van der Waals surface area contributed by atoms with Gasteiger partial charge in [0.05, 0.1) is 0 Å². The summed E-state index contributed by atoms with van der Waals surface area (Å²) in [6, 6.07) is 6.21. The number of halogens is 2. The summed E-state index contributed by atoms with van der Waals surface area (Å²) in [5.74, 6) is 5.90. The lowest BCUT2D eigenvalue weighted by Crippen LogP contribution is -1.77. The minimum absolute atomic E-state index is 0.257. The molecule has 12 heavy (non-hydrogen) atoms. The quantitative estimate of drug-likeness (QED) is 0.463. The zero-order valence-electron chi connectivity index (χ0n) is 6.48. The molecular weight excluding hydrogens is 175 g/mol. The van der Waals surface area contributed by atoms with Crippen molar-refractivity contribution >= 4 is 11.6 Å². The van der Waals surface area contributed by atoms with Crippen LogP contribution >= 0.6 is 11.6 Å². The van der Waals surface area contributed by atoms with E-state index in [4.69, 9.17) is 11.6 Å². The Bertz CT molecular complexity index is 309. The Kier molecular flexibility index (Phi) is 3.63. The fourth-order valence-corrected chi connectivity index (χ4v) is 0.873. The Hall–Kier alpha value is -1.00. The van der Waals surface area contributed by atoms with E-state index < -0.39 is 0 Å².